The molecule has 25 heavy (non-hydrogen) atoms. The Balaban J connectivity index is 2.05. The lowest BCUT2D eigenvalue weighted by Crippen LogP contribution is -2.16. The van der Waals surface area contributed by atoms with Crippen molar-refractivity contribution < 1.29 is 14.3 Å². The summed E-state index contributed by atoms with van der Waals surface area (Å²) in [5, 5.41) is 13.0. The number of aliphatic carboxylic acids is 1. The molecule has 4 nitrogen and oxygen atoms in total. The summed E-state index contributed by atoms with van der Waals surface area (Å²) in [5.41, 5.74) is 2.31. The van der Waals surface area contributed by atoms with Crippen LogP contribution in [0.5, 0.6) is 0 Å². The predicted molar refractivity (Wildman–Crippen MR) is 99.2 cm³/mol. The first kappa shape index (κ1) is 19.4. The number of halogens is 1. The minimum atomic E-state index is -0.816. The zero-order valence-corrected chi connectivity index (χ0v) is 15.3. The molecular weight excluding hydrogens is 339 g/mol. The molecule has 0 bridgehead atoms. The van der Waals surface area contributed by atoms with Gasteiger partial charge in [-0.15, -0.1) is 11.8 Å². The Hall–Kier alpha value is -1.92. The molecule has 0 aliphatic heterocycles. The molecule has 0 unspecified atom stereocenters. The number of aromatic nitrogens is 1. The van der Waals surface area contributed by atoms with Crippen molar-refractivity contribution in [2.24, 2.45) is 0 Å². The molecule has 0 saturated heterocycles. The third-order valence-electron chi connectivity index (χ3n) is 3.54. The van der Waals surface area contributed by atoms with E-state index in [2.05, 4.69) is 24.1 Å². The van der Waals surface area contributed by atoms with Gasteiger partial charge in [-0.05, 0) is 30.7 Å². The molecule has 1 aromatic carbocycles. The first-order chi connectivity index (χ1) is 12.0. The van der Waals surface area contributed by atoms with Gasteiger partial charge < -0.3 is 10.4 Å². The smallest absolute Gasteiger partial charge is 0.303 e. The molecule has 0 radical (unpaired) electrons. The summed E-state index contributed by atoms with van der Waals surface area (Å²) in [7, 11) is 0. The van der Waals surface area contributed by atoms with Gasteiger partial charge in [0.2, 0.25) is 0 Å². The fourth-order valence-electron chi connectivity index (χ4n) is 2.37. The van der Waals surface area contributed by atoms with Gasteiger partial charge in [0.15, 0.2) is 0 Å². The number of thioether (sulfide) groups is 1. The normalized spacial score (nSPS) is 11.0. The first-order valence-electron chi connectivity index (χ1n) is 8.30. The van der Waals surface area contributed by atoms with E-state index in [9.17, 15) is 9.18 Å². The average Bonchev–Trinajstić information content (AvgIpc) is 2.55. The van der Waals surface area contributed by atoms with E-state index >= 15 is 0 Å². The molecule has 134 valence electrons. The molecule has 2 aromatic rings. The van der Waals surface area contributed by atoms with Gasteiger partial charge in [-0.1, -0.05) is 32.0 Å². The summed E-state index contributed by atoms with van der Waals surface area (Å²) in [6.07, 6.45) is 2.40. The SMILES string of the molecule is CC(C)Sc1ncccc1-c1ccc(CNCCCC(=O)O)c(F)c1. The zero-order valence-electron chi connectivity index (χ0n) is 14.5. The summed E-state index contributed by atoms with van der Waals surface area (Å²) < 4.78 is 14.4. The second-order valence-corrected chi connectivity index (χ2v) is 7.57. The van der Waals surface area contributed by atoms with E-state index in [0.717, 1.165) is 16.2 Å². The summed E-state index contributed by atoms with van der Waals surface area (Å²) in [4.78, 5) is 14.9. The van der Waals surface area contributed by atoms with Gasteiger partial charge in [-0.25, -0.2) is 9.37 Å². The van der Waals surface area contributed by atoms with E-state index < -0.39 is 5.97 Å². The fraction of sp³-hybridized carbons (Fsp3) is 0.368. The molecule has 0 atom stereocenters. The quantitative estimate of drug-likeness (QED) is 0.513. The van der Waals surface area contributed by atoms with Crippen molar-refractivity contribution in [3.05, 3.63) is 47.9 Å². The standard InChI is InChI=1S/C19H23FN2O2S/c1-13(2)25-19-16(5-3-10-22-19)14-7-8-15(17(20)11-14)12-21-9-4-6-18(23)24/h3,5,7-8,10-11,13,21H,4,6,9,12H2,1-2H3,(H,23,24). The van der Waals surface area contributed by atoms with E-state index in [0.29, 0.717) is 30.3 Å². The van der Waals surface area contributed by atoms with Crippen LogP contribution in [0.1, 0.15) is 32.3 Å². The van der Waals surface area contributed by atoms with Crippen LogP contribution in [-0.4, -0.2) is 27.9 Å². The number of rotatable bonds is 9. The molecule has 1 aromatic heterocycles. The maximum absolute atomic E-state index is 14.4. The van der Waals surface area contributed by atoms with Gasteiger partial charge in [-0.2, -0.15) is 0 Å². The number of hydrogen-bond donors (Lipinski definition) is 2. The predicted octanol–water partition coefficient (Wildman–Crippen LogP) is 4.34. The topological polar surface area (TPSA) is 62.2 Å². The van der Waals surface area contributed by atoms with Crippen LogP contribution in [0.2, 0.25) is 0 Å². The van der Waals surface area contributed by atoms with Crippen molar-refractivity contribution in [3.8, 4) is 11.1 Å². The van der Waals surface area contributed by atoms with E-state index in [1.165, 1.54) is 6.07 Å². The van der Waals surface area contributed by atoms with Gasteiger partial charge in [0.1, 0.15) is 10.8 Å². The van der Waals surface area contributed by atoms with Crippen molar-refractivity contribution >= 4 is 17.7 Å². The van der Waals surface area contributed by atoms with Gasteiger partial charge >= 0.3 is 5.97 Å². The highest BCUT2D eigenvalue weighted by Gasteiger charge is 2.11. The zero-order chi connectivity index (χ0) is 18.2. The molecular formula is C19H23FN2O2S. The van der Waals surface area contributed by atoms with Gasteiger partial charge in [0, 0.05) is 35.5 Å². The lowest BCUT2D eigenvalue weighted by Gasteiger charge is -2.12. The van der Waals surface area contributed by atoms with E-state index in [4.69, 9.17) is 5.11 Å². The van der Waals surface area contributed by atoms with E-state index in [-0.39, 0.29) is 12.2 Å². The lowest BCUT2D eigenvalue weighted by molar-refractivity contribution is -0.137. The number of carboxylic acid groups (broad SMARTS) is 1. The molecule has 1 heterocycles. The fourth-order valence-corrected chi connectivity index (χ4v) is 3.25. The number of carbonyl (C=O) groups is 1. The summed E-state index contributed by atoms with van der Waals surface area (Å²) in [5.74, 6) is -1.09. The molecule has 0 aliphatic carbocycles. The van der Waals surface area contributed by atoms with Crippen molar-refractivity contribution in [2.45, 2.75) is 43.5 Å². The van der Waals surface area contributed by atoms with Crippen LogP contribution in [-0.2, 0) is 11.3 Å². The molecule has 0 saturated carbocycles. The van der Waals surface area contributed by atoms with E-state index in [1.807, 2.05) is 18.2 Å². The van der Waals surface area contributed by atoms with Gasteiger partial charge in [0.25, 0.3) is 0 Å². The van der Waals surface area contributed by atoms with Crippen LogP contribution >= 0.6 is 11.8 Å². The van der Waals surface area contributed by atoms with Crippen LogP contribution in [0.15, 0.2) is 41.6 Å². The Morgan fingerprint density at radius 2 is 2.16 bits per heavy atom. The Morgan fingerprint density at radius 3 is 2.84 bits per heavy atom. The van der Waals surface area contributed by atoms with Crippen LogP contribution in [0, 0.1) is 5.82 Å². The number of hydrogen-bond acceptors (Lipinski definition) is 4. The molecule has 0 fully saturated rings. The maximum Gasteiger partial charge on any atom is 0.303 e. The number of benzene rings is 1. The van der Waals surface area contributed by atoms with Crippen LogP contribution in [0.4, 0.5) is 4.39 Å². The van der Waals surface area contributed by atoms with Crippen molar-refractivity contribution in [1.82, 2.24) is 10.3 Å². The molecule has 0 aliphatic rings. The lowest BCUT2D eigenvalue weighted by atomic mass is 10.0. The Kier molecular flexibility index (Phi) is 7.40. The maximum atomic E-state index is 14.4. The molecule has 2 N–H and O–H groups in total. The number of pyridine rings is 1. The minimum absolute atomic E-state index is 0.117. The molecule has 0 spiro atoms. The molecule has 0 amide bonds. The van der Waals surface area contributed by atoms with Crippen LogP contribution < -0.4 is 5.32 Å². The van der Waals surface area contributed by atoms with Crippen molar-refractivity contribution in [3.63, 3.8) is 0 Å². The number of nitrogens with zero attached hydrogens (tertiary/aromatic N) is 1. The monoisotopic (exact) mass is 362 g/mol. The van der Waals surface area contributed by atoms with E-state index in [1.54, 1.807) is 24.0 Å². The third kappa shape index (κ3) is 6.14. The highest BCUT2D eigenvalue weighted by Crippen LogP contribution is 2.32. The largest absolute Gasteiger partial charge is 0.481 e. The van der Waals surface area contributed by atoms with Crippen molar-refractivity contribution in [1.29, 1.82) is 0 Å². The Labute approximate surface area is 151 Å². The third-order valence-corrected chi connectivity index (χ3v) is 4.56. The molecule has 2 rings (SSSR count). The summed E-state index contributed by atoms with van der Waals surface area (Å²) in [6, 6.07) is 9.02. The highest BCUT2D eigenvalue weighted by molar-refractivity contribution is 7.99. The highest BCUT2D eigenvalue weighted by atomic mass is 32.2. The summed E-state index contributed by atoms with van der Waals surface area (Å²) >= 11 is 1.66. The first-order valence-corrected chi connectivity index (χ1v) is 9.18. The second-order valence-electron chi connectivity index (χ2n) is 6.00. The second kappa shape index (κ2) is 9.53. The Bertz CT molecular complexity index is 722. The van der Waals surface area contributed by atoms with Crippen molar-refractivity contribution in [2.75, 3.05) is 6.54 Å². The summed E-state index contributed by atoms with van der Waals surface area (Å²) in [6.45, 7) is 5.13. The number of nitrogens with one attached hydrogen (secondary N) is 1. The Morgan fingerprint density at radius 1 is 1.36 bits per heavy atom. The van der Waals surface area contributed by atoms with Crippen LogP contribution in [0.3, 0.4) is 0 Å². The van der Waals surface area contributed by atoms with Gasteiger partial charge in [0.05, 0.1) is 0 Å². The van der Waals surface area contributed by atoms with Crippen LogP contribution in [0.25, 0.3) is 11.1 Å². The minimum Gasteiger partial charge on any atom is -0.481 e. The number of carboxylic acids is 1. The van der Waals surface area contributed by atoms with Gasteiger partial charge in [-0.3, -0.25) is 4.79 Å². The molecule has 6 heteroatoms. The average molecular weight is 362 g/mol.